The molecule has 0 aliphatic rings. The molecule has 0 radical (unpaired) electrons. The molecule has 0 aliphatic carbocycles. The smallest absolute Gasteiger partial charge is 0.119 e. The number of hydrogen-bond acceptors (Lipinski definition) is 2. The van der Waals surface area contributed by atoms with Crippen molar-refractivity contribution >= 4 is 5.69 Å². The van der Waals surface area contributed by atoms with E-state index in [1.54, 1.807) is 0 Å². The molecule has 1 atom stereocenters. The SMILES string of the molecule is Cc1cc(C)cc(NC(C)c2ccc(OCc3ccccc3)cc2)c1. The minimum Gasteiger partial charge on any atom is -0.489 e. The number of ether oxygens (including phenoxy) is 1. The van der Waals surface area contributed by atoms with Gasteiger partial charge in [0.25, 0.3) is 0 Å². The molecule has 0 saturated heterocycles. The van der Waals surface area contributed by atoms with Crippen LogP contribution in [0, 0.1) is 13.8 Å². The van der Waals surface area contributed by atoms with Gasteiger partial charge in [-0.3, -0.25) is 0 Å². The van der Waals surface area contributed by atoms with Gasteiger partial charge >= 0.3 is 0 Å². The lowest BCUT2D eigenvalue weighted by molar-refractivity contribution is 0.306. The highest BCUT2D eigenvalue weighted by atomic mass is 16.5. The van der Waals surface area contributed by atoms with E-state index in [-0.39, 0.29) is 6.04 Å². The lowest BCUT2D eigenvalue weighted by Gasteiger charge is -2.17. The molecule has 0 fully saturated rings. The van der Waals surface area contributed by atoms with E-state index in [0.29, 0.717) is 6.61 Å². The van der Waals surface area contributed by atoms with Crippen LogP contribution in [0.4, 0.5) is 5.69 Å². The Bertz CT molecular complexity index is 789. The Morgan fingerprint density at radius 2 is 1.48 bits per heavy atom. The van der Waals surface area contributed by atoms with Crippen molar-refractivity contribution < 1.29 is 4.74 Å². The molecule has 0 saturated carbocycles. The van der Waals surface area contributed by atoms with Crippen molar-refractivity contribution in [3.63, 3.8) is 0 Å². The van der Waals surface area contributed by atoms with Crippen LogP contribution >= 0.6 is 0 Å². The highest BCUT2D eigenvalue weighted by molar-refractivity contribution is 5.50. The van der Waals surface area contributed by atoms with Gasteiger partial charge in [0, 0.05) is 11.7 Å². The zero-order valence-electron chi connectivity index (χ0n) is 15.1. The Balaban J connectivity index is 1.61. The van der Waals surface area contributed by atoms with Crippen LogP contribution in [0.3, 0.4) is 0 Å². The summed E-state index contributed by atoms with van der Waals surface area (Å²) in [7, 11) is 0. The lowest BCUT2D eigenvalue weighted by atomic mass is 10.1. The molecule has 0 spiro atoms. The van der Waals surface area contributed by atoms with Gasteiger partial charge in [0.1, 0.15) is 12.4 Å². The maximum absolute atomic E-state index is 5.86. The maximum Gasteiger partial charge on any atom is 0.119 e. The molecule has 0 aromatic heterocycles. The summed E-state index contributed by atoms with van der Waals surface area (Å²) in [6.45, 7) is 7.03. The van der Waals surface area contributed by atoms with E-state index in [1.807, 2.05) is 30.3 Å². The third-order valence-corrected chi connectivity index (χ3v) is 4.23. The molecule has 0 amide bonds. The molecule has 25 heavy (non-hydrogen) atoms. The average Bonchev–Trinajstić information content (AvgIpc) is 2.60. The Morgan fingerprint density at radius 3 is 2.12 bits per heavy atom. The largest absolute Gasteiger partial charge is 0.489 e. The number of rotatable bonds is 6. The molecular formula is C23H25NO. The first-order valence-corrected chi connectivity index (χ1v) is 8.72. The predicted molar refractivity (Wildman–Crippen MR) is 105 cm³/mol. The number of nitrogens with one attached hydrogen (secondary N) is 1. The summed E-state index contributed by atoms with van der Waals surface area (Å²) in [6, 6.07) is 25.3. The van der Waals surface area contributed by atoms with E-state index >= 15 is 0 Å². The van der Waals surface area contributed by atoms with Gasteiger partial charge in [-0.15, -0.1) is 0 Å². The molecule has 0 bridgehead atoms. The zero-order chi connectivity index (χ0) is 17.6. The molecule has 128 valence electrons. The fourth-order valence-corrected chi connectivity index (χ4v) is 2.98. The number of aryl methyl sites for hydroxylation is 2. The van der Waals surface area contributed by atoms with Gasteiger partial charge in [0.05, 0.1) is 0 Å². The molecule has 2 heteroatoms. The van der Waals surface area contributed by atoms with E-state index in [4.69, 9.17) is 4.74 Å². The molecule has 1 unspecified atom stereocenters. The summed E-state index contributed by atoms with van der Waals surface area (Å²) >= 11 is 0. The minimum atomic E-state index is 0.240. The van der Waals surface area contributed by atoms with Crippen LogP contribution in [0.1, 0.15) is 35.2 Å². The van der Waals surface area contributed by atoms with Crippen LogP contribution in [0.25, 0.3) is 0 Å². The third kappa shape index (κ3) is 4.87. The van der Waals surface area contributed by atoms with Crippen molar-refractivity contribution in [3.8, 4) is 5.75 Å². The highest BCUT2D eigenvalue weighted by Gasteiger charge is 2.06. The Hall–Kier alpha value is -2.74. The fraction of sp³-hybridized carbons (Fsp3) is 0.217. The van der Waals surface area contributed by atoms with Crippen molar-refractivity contribution in [2.45, 2.75) is 33.4 Å². The molecule has 3 aromatic carbocycles. The normalized spacial score (nSPS) is 11.8. The third-order valence-electron chi connectivity index (χ3n) is 4.23. The van der Waals surface area contributed by atoms with Crippen molar-refractivity contribution in [3.05, 3.63) is 95.1 Å². The first-order chi connectivity index (χ1) is 12.1. The van der Waals surface area contributed by atoms with E-state index in [0.717, 1.165) is 11.4 Å². The summed E-state index contributed by atoms with van der Waals surface area (Å²) < 4.78 is 5.86. The molecule has 1 N–H and O–H groups in total. The number of hydrogen-bond donors (Lipinski definition) is 1. The predicted octanol–water partition coefficient (Wildman–Crippen LogP) is 6.06. The maximum atomic E-state index is 5.86. The topological polar surface area (TPSA) is 21.3 Å². The number of benzene rings is 3. The van der Waals surface area contributed by atoms with E-state index in [2.05, 4.69) is 68.6 Å². The molecule has 0 aliphatic heterocycles. The standard InChI is InChI=1S/C23H25NO/c1-17-13-18(2)15-22(14-17)24-19(3)21-9-11-23(12-10-21)25-16-20-7-5-4-6-8-20/h4-15,19,24H,16H2,1-3H3. The van der Waals surface area contributed by atoms with Gasteiger partial charge in [0.2, 0.25) is 0 Å². The van der Waals surface area contributed by atoms with Crippen LogP contribution in [-0.4, -0.2) is 0 Å². The van der Waals surface area contributed by atoms with Crippen LogP contribution in [-0.2, 0) is 6.61 Å². The van der Waals surface area contributed by atoms with E-state index < -0.39 is 0 Å². The average molecular weight is 331 g/mol. The summed E-state index contributed by atoms with van der Waals surface area (Å²) in [5.74, 6) is 0.895. The summed E-state index contributed by atoms with van der Waals surface area (Å²) in [5, 5.41) is 3.58. The second kappa shape index (κ2) is 7.89. The van der Waals surface area contributed by atoms with Gasteiger partial charge < -0.3 is 10.1 Å². The Labute approximate surface area is 150 Å². The summed E-state index contributed by atoms with van der Waals surface area (Å²) in [4.78, 5) is 0. The molecule has 0 heterocycles. The Morgan fingerprint density at radius 1 is 0.840 bits per heavy atom. The summed E-state index contributed by atoms with van der Waals surface area (Å²) in [6.07, 6.45) is 0. The zero-order valence-corrected chi connectivity index (χ0v) is 15.1. The monoisotopic (exact) mass is 331 g/mol. The highest BCUT2D eigenvalue weighted by Crippen LogP contribution is 2.23. The number of anilines is 1. The van der Waals surface area contributed by atoms with E-state index in [1.165, 1.54) is 22.3 Å². The Kier molecular flexibility index (Phi) is 5.39. The van der Waals surface area contributed by atoms with Gasteiger partial charge in [-0.25, -0.2) is 0 Å². The van der Waals surface area contributed by atoms with Crippen molar-refractivity contribution in [1.82, 2.24) is 0 Å². The van der Waals surface area contributed by atoms with Gasteiger partial charge in [0.15, 0.2) is 0 Å². The quantitative estimate of drug-likeness (QED) is 0.593. The van der Waals surface area contributed by atoms with Crippen LogP contribution in [0.5, 0.6) is 5.75 Å². The van der Waals surface area contributed by atoms with Crippen molar-refractivity contribution in [1.29, 1.82) is 0 Å². The fourth-order valence-electron chi connectivity index (χ4n) is 2.98. The van der Waals surface area contributed by atoms with Crippen LogP contribution < -0.4 is 10.1 Å². The molecule has 2 nitrogen and oxygen atoms in total. The van der Waals surface area contributed by atoms with E-state index in [9.17, 15) is 0 Å². The second-order valence-electron chi connectivity index (χ2n) is 6.59. The first kappa shape index (κ1) is 17.1. The molecular weight excluding hydrogens is 306 g/mol. The summed E-state index contributed by atoms with van der Waals surface area (Å²) in [5.41, 5.74) is 6.13. The van der Waals surface area contributed by atoms with Crippen LogP contribution in [0.2, 0.25) is 0 Å². The van der Waals surface area contributed by atoms with Crippen molar-refractivity contribution in [2.24, 2.45) is 0 Å². The first-order valence-electron chi connectivity index (χ1n) is 8.72. The second-order valence-corrected chi connectivity index (χ2v) is 6.59. The van der Waals surface area contributed by atoms with Crippen molar-refractivity contribution in [2.75, 3.05) is 5.32 Å². The van der Waals surface area contributed by atoms with Gasteiger partial charge in [-0.2, -0.15) is 0 Å². The van der Waals surface area contributed by atoms with Gasteiger partial charge in [-0.1, -0.05) is 48.5 Å². The molecule has 3 aromatic rings. The molecule has 3 rings (SSSR count). The lowest BCUT2D eigenvalue weighted by Crippen LogP contribution is -2.07. The minimum absolute atomic E-state index is 0.240. The van der Waals surface area contributed by atoms with Gasteiger partial charge in [-0.05, 0) is 67.3 Å². The van der Waals surface area contributed by atoms with Crippen LogP contribution in [0.15, 0.2) is 72.8 Å².